The standard InChI is InChI=1S/C20H22BrN3O/c21-16-10-8-15(9-11-16)13-24-19-7-2-1-6-18(19)22-20(24)23-12-4-3-5-17(23)14-25/h1-2,6-11,17,25H,3-5,12-14H2/t17-/m0/s1. The maximum Gasteiger partial charge on any atom is 0.207 e. The first-order chi connectivity index (χ1) is 12.3. The van der Waals surface area contributed by atoms with Crippen molar-refractivity contribution in [2.75, 3.05) is 18.1 Å². The summed E-state index contributed by atoms with van der Waals surface area (Å²) in [5.74, 6) is 0.975. The fourth-order valence-corrected chi connectivity index (χ4v) is 3.93. The molecule has 0 amide bonds. The lowest BCUT2D eigenvalue weighted by molar-refractivity contribution is 0.238. The van der Waals surface area contributed by atoms with Gasteiger partial charge in [-0.3, -0.25) is 0 Å². The highest BCUT2D eigenvalue weighted by atomic mass is 79.9. The fourth-order valence-electron chi connectivity index (χ4n) is 3.66. The molecule has 0 radical (unpaired) electrons. The van der Waals surface area contributed by atoms with Gasteiger partial charge in [0.1, 0.15) is 0 Å². The van der Waals surface area contributed by atoms with E-state index < -0.39 is 0 Å². The molecule has 25 heavy (non-hydrogen) atoms. The second kappa shape index (κ2) is 7.18. The SMILES string of the molecule is OC[C@@H]1CCCCN1c1nc2ccccc2n1Cc1ccc(Br)cc1. The number of rotatable bonds is 4. The molecule has 1 fully saturated rings. The molecule has 2 heterocycles. The van der Waals surface area contributed by atoms with Crippen molar-refractivity contribution in [2.24, 2.45) is 0 Å². The van der Waals surface area contributed by atoms with Gasteiger partial charge in [-0.1, -0.05) is 40.2 Å². The lowest BCUT2D eigenvalue weighted by Crippen LogP contribution is -2.43. The average Bonchev–Trinajstić information content (AvgIpc) is 3.02. The van der Waals surface area contributed by atoms with Crippen molar-refractivity contribution >= 4 is 32.9 Å². The van der Waals surface area contributed by atoms with Crippen LogP contribution in [0.5, 0.6) is 0 Å². The highest BCUT2D eigenvalue weighted by Gasteiger charge is 2.26. The summed E-state index contributed by atoms with van der Waals surface area (Å²) < 4.78 is 3.37. The Labute approximate surface area is 156 Å². The van der Waals surface area contributed by atoms with Crippen LogP contribution in [0.25, 0.3) is 11.0 Å². The first-order valence-corrected chi connectivity index (χ1v) is 9.63. The molecule has 0 bridgehead atoms. The molecule has 130 valence electrons. The van der Waals surface area contributed by atoms with E-state index in [1.165, 1.54) is 12.0 Å². The molecular weight excluding hydrogens is 378 g/mol. The third kappa shape index (κ3) is 3.31. The molecule has 0 spiro atoms. The molecule has 4 nitrogen and oxygen atoms in total. The second-order valence-electron chi connectivity index (χ2n) is 6.64. The maximum absolute atomic E-state index is 9.82. The molecule has 3 aromatic rings. The number of piperidine rings is 1. The van der Waals surface area contributed by atoms with Crippen molar-refractivity contribution in [1.82, 2.24) is 9.55 Å². The van der Waals surface area contributed by atoms with E-state index in [0.717, 1.165) is 47.4 Å². The van der Waals surface area contributed by atoms with Gasteiger partial charge >= 0.3 is 0 Å². The summed E-state index contributed by atoms with van der Waals surface area (Å²) in [7, 11) is 0. The number of nitrogens with zero attached hydrogens (tertiary/aromatic N) is 3. The van der Waals surface area contributed by atoms with E-state index in [-0.39, 0.29) is 12.6 Å². The number of para-hydroxylation sites is 2. The Morgan fingerprint density at radius 1 is 1.08 bits per heavy atom. The van der Waals surface area contributed by atoms with Gasteiger partial charge in [0.25, 0.3) is 0 Å². The van der Waals surface area contributed by atoms with Crippen molar-refractivity contribution in [2.45, 2.75) is 31.8 Å². The van der Waals surface area contributed by atoms with Gasteiger partial charge < -0.3 is 14.6 Å². The molecule has 1 aliphatic rings. The lowest BCUT2D eigenvalue weighted by Gasteiger charge is -2.35. The maximum atomic E-state index is 9.82. The topological polar surface area (TPSA) is 41.3 Å². The van der Waals surface area contributed by atoms with Crippen LogP contribution < -0.4 is 4.90 Å². The van der Waals surface area contributed by atoms with Crippen molar-refractivity contribution in [3.05, 3.63) is 58.6 Å². The largest absolute Gasteiger partial charge is 0.394 e. The number of aliphatic hydroxyl groups excluding tert-OH is 1. The molecule has 0 saturated carbocycles. The number of aliphatic hydroxyl groups is 1. The summed E-state index contributed by atoms with van der Waals surface area (Å²) in [6.07, 6.45) is 3.35. The number of aromatic nitrogens is 2. The summed E-state index contributed by atoms with van der Waals surface area (Å²) in [4.78, 5) is 7.21. The minimum atomic E-state index is 0.161. The van der Waals surface area contributed by atoms with Gasteiger partial charge in [-0.25, -0.2) is 4.98 Å². The fraction of sp³-hybridized carbons (Fsp3) is 0.350. The molecular formula is C20H22BrN3O. The van der Waals surface area contributed by atoms with Gasteiger partial charge in [0, 0.05) is 11.0 Å². The summed E-state index contributed by atoms with van der Waals surface area (Å²) in [5.41, 5.74) is 3.39. The van der Waals surface area contributed by atoms with E-state index in [0.29, 0.717) is 0 Å². The first kappa shape index (κ1) is 16.6. The molecule has 4 rings (SSSR count). The van der Waals surface area contributed by atoms with Crippen molar-refractivity contribution in [3.8, 4) is 0 Å². The number of benzene rings is 2. The minimum Gasteiger partial charge on any atom is -0.394 e. The highest BCUT2D eigenvalue weighted by Crippen LogP contribution is 2.29. The van der Waals surface area contributed by atoms with Crippen LogP contribution in [-0.2, 0) is 6.54 Å². The van der Waals surface area contributed by atoms with Gasteiger partial charge in [-0.2, -0.15) is 0 Å². The van der Waals surface area contributed by atoms with Crippen LogP contribution in [0.4, 0.5) is 5.95 Å². The molecule has 1 saturated heterocycles. The molecule has 1 aliphatic heterocycles. The van der Waals surface area contributed by atoms with Crippen LogP contribution in [0.15, 0.2) is 53.0 Å². The molecule has 1 N–H and O–H groups in total. The predicted molar refractivity (Wildman–Crippen MR) is 105 cm³/mol. The number of hydrogen-bond acceptors (Lipinski definition) is 3. The predicted octanol–water partition coefficient (Wildman–Crippen LogP) is 4.20. The van der Waals surface area contributed by atoms with E-state index >= 15 is 0 Å². The summed E-state index contributed by atoms with van der Waals surface area (Å²) >= 11 is 3.50. The quantitative estimate of drug-likeness (QED) is 0.714. The summed E-state index contributed by atoms with van der Waals surface area (Å²) in [6, 6.07) is 16.9. The number of anilines is 1. The monoisotopic (exact) mass is 399 g/mol. The van der Waals surface area contributed by atoms with E-state index in [4.69, 9.17) is 4.98 Å². The average molecular weight is 400 g/mol. The molecule has 0 unspecified atom stereocenters. The molecule has 5 heteroatoms. The Morgan fingerprint density at radius 3 is 2.68 bits per heavy atom. The Morgan fingerprint density at radius 2 is 1.88 bits per heavy atom. The smallest absolute Gasteiger partial charge is 0.207 e. The van der Waals surface area contributed by atoms with Gasteiger partial charge in [-0.15, -0.1) is 0 Å². The van der Waals surface area contributed by atoms with Gasteiger partial charge in [0.2, 0.25) is 5.95 Å². The number of imidazole rings is 1. The second-order valence-corrected chi connectivity index (χ2v) is 7.55. The van der Waals surface area contributed by atoms with Crippen LogP contribution in [0.3, 0.4) is 0 Å². The molecule has 0 aliphatic carbocycles. The van der Waals surface area contributed by atoms with E-state index in [2.05, 4.69) is 67.9 Å². The van der Waals surface area contributed by atoms with Crippen molar-refractivity contribution in [3.63, 3.8) is 0 Å². The zero-order chi connectivity index (χ0) is 17.2. The van der Waals surface area contributed by atoms with Crippen LogP contribution in [0.1, 0.15) is 24.8 Å². The normalized spacial score (nSPS) is 18.0. The Kier molecular flexibility index (Phi) is 4.77. The molecule has 2 aromatic carbocycles. The zero-order valence-electron chi connectivity index (χ0n) is 14.1. The third-order valence-electron chi connectivity index (χ3n) is 4.98. The van der Waals surface area contributed by atoms with Gasteiger partial charge in [0.15, 0.2) is 0 Å². The van der Waals surface area contributed by atoms with Crippen molar-refractivity contribution in [1.29, 1.82) is 0 Å². The number of fused-ring (bicyclic) bond motifs is 1. The van der Waals surface area contributed by atoms with E-state index in [1.807, 2.05) is 6.07 Å². The van der Waals surface area contributed by atoms with E-state index in [1.54, 1.807) is 0 Å². The molecule has 1 atom stereocenters. The van der Waals surface area contributed by atoms with Gasteiger partial charge in [-0.05, 0) is 49.1 Å². The number of hydrogen-bond donors (Lipinski definition) is 1. The van der Waals surface area contributed by atoms with Gasteiger partial charge in [0.05, 0.1) is 30.2 Å². The zero-order valence-corrected chi connectivity index (χ0v) is 15.7. The van der Waals surface area contributed by atoms with E-state index in [9.17, 15) is 5.11 Å². The Hall–Kier alpha value is -1.85. The highest BCUT2D eigenvalue weighted by molar-refractivity contribution is 9.10. The minimum absolute atomic E-state index is 0.161. The van der Waals surface area contributed by atoms with Crippen molar-refractivity contribution < 1.29 is 5.11 Å². The first-order valence-electron chi connectivity index (χ1n) is 8.83. The van der Waals surface area contributed by atoms with Crippen LogP contribution in [0, 0.1) is 0 Å². The summed E-state index contributed by atoms with van der Waals surface area (Å²) in [5, 5.41) is 9.82. The molecule has 1 aromatic heterocycles. The lowest BCUT2D eigenvalue weighted by atomic mass is 10.0. The van der Waals surface area contributed by atoms with Crippen LogP contribution >= 0.6 is 15.9 Å². The number of halogens is 1. The third-order valence-corrected chi connectivity index (χ3v) is 5.51. The Balaban J connectivity index is 1.78. The Bertz CT molecular complexity index is 859. The van der Waals surface area contributed by atoms with Crippen LogP contribution in [-0.4, -0.2) is 33.9 Å². The van der Waals surface area contributed by atoms with Crippen LogP contribution in [0.2, 0.25) is 0 Å². The summed E-state index contributed by atoms with van der Waals surface area (Å²) in [6.45, 7) is 1.91.